The normalized spacial score (nSPS) is 13.9. The summed E-state index contributed by atoms with van der Waals surface area (Å²) in [6.07, 6.45) is 5.69. The number of ether oxygens (including phenoxy) is 1. The molecule has 16 aromatic rings. The summed E-state index contributed by atoms with van der Waals surface area (Å²) < 4.78 is 136. The number of para-hydroxylation sites is 4. The minimum absolute atomic E-state index is 0. The molecule has 0 spiro atoms. The van der Waals surface area contributed by atoms with E-state index in [1.54, 1.807) is 12.1 Å². The van der Waals surface area contributed by atoms with E-state index in [1.165, 1.54) is 0 Å². The van der Waals surface area contributed by atoms with Gasteiger partial charge in [-0.25, -0.2) is 4.98 Å². The summed E-state index contributed by atoms with van der Waals surface area (Å²) in [5, 5.41) is 4.03. The third-order valence-corrected chi connectivity index (χ3v) is 16.7. The Hall–Kier alpha value is -10.7. The van der Waals surface area contributed by atoms with Gasteiger partial charge in [0.05, 0.1) is 51.3 Å². The Morgan fingerprint density at radius 3 is 1.61 bits per heavy atom. The number of aromatic nitrogens is 5. The van der Waals surface area contributed by atoms with Crippen molar-refractivity contribution in [2.45, 2.75) is 26.2 Å². The van der Waals surface area contributed by atoms with E-state index in [4.69, 9.17) is 17.9 Å². The van der Waals surface area contributed by atoms with Gasteiger partial charge >= 0.3 is 0 Å². The topological polar surface area (TPSA) is 40.8 Å². The van der Waals surface area contributed by atoms with Crippen molar-refractivity contribution in [1.82, 2.24) is 18.7 Å². The minimum Gasteiger partial charge on any atom is -0.510 e. The van der Waals surface area contributed by atoms with Gasteiger partial charge in [-0.3, -0.25) is 4.57 Å². The molecule has 0 saturated carbocycles. The van der Waals surface area contributed by atoms with Crippen LogP contribution in [0.15, 0.2) is 279 Å². The predicted molar refractivity (Wildman–Crippen MR) is 359 cm³/mol. The Labute approximate surface area is 549 Å². The first kappa shape index (κ1) is 41.4. The van der Waals surface area contributed by atoms with E-state index in [1.807, 2.05) is 125 Å². The Bertz CT molecular complexity index is 6100. The van der Waals surface area contributed by atoms with Crippen molar-refractivity contribution in [2.24, 2.45) is 0 Å². The molecule has 0 bridgehead atoms. The molecule has 0 atom stereocenters. The zero-order valence-electron chi connectivity index (χ0n) is 61.0. The summed E-state index contributed by atoms with van der Waals surface area (Å²) in [6.45, 7) is 6.51. The second-order valence-corrected chi connectivity index (χ2v) is 22.9. The second kappa shape index (κ2) is 21.3. The number of nitrogens with zero attached hydrogens (tertiary/aromatic N) is 5. The molecule has 7 heteroatoms. The Balaban J connectivity index is 0.00000805. The molecule has 5 heterocycles. The van der Waals surface area contributed by atoms with Crippen molar-refractivity contribution in [3.8, 4) is 101 Å². The van der Waals surface area contributed by atoms with Crippen LogP contribution in [0.25, 0.3) is 144 Å². The molecule has 17 rings (SSSR count). The van der Waals surface area contributed by atoms with Crippen LogP contribution < -0.4 is 9.30 Å². The van der Waals surface area contributed by atoms with Crippen LogP contribution in [-0.2, 0) is 26.5 Å². The van der Waals surface area contributed by atoms with Gasteiger partial charge in [-0.15, -0.1) is 29.7 Å². The number of rotatable bonds is 8. The fourth-order valence-corrected chi connectivity index (χ4v) is 12.7. The average Bonchev–Trinajstić information content (AvgIpc) is 1.68. The molecule has 0 saturated heterocycles. The van der Waals surface area contributed by atoms with E-state index in [9.17, 15) is 9.60 Å². The van der Waals surface area contributed by atoms with Crippen LogP contribution >= 0.6 is 0 Å². The maximum absolute atomic E-state index is 10.4. The van der Waals surface area contributed by atoms with Gasteiger partial charge in [0.25, 0.3) is 6.33 Å². The second-order valence-electron chi connectivity index (χ2n) is 22.9. The van der Waals surface area contributed by atoms with Gasteiger partial charge in [0.2, 0.25) is 0 Å². The average molecular weight is 1330 g/mol. The minimum atomic E-state index is -0.756. The van der Waals surface area contributed by atoms with Crippen LogP contribution in [0.4, 0.5) is 0 Å². The molecule has 0 radical (unpaired) electrons. The first-order valence-electron chi connectivity index (χ1n) is 35.5. The van der Waals surface area contributed by atoms with Gasteiger partial charge < -0.3 is 18.4 Å². The Morgan fingerprint density at radius 1 is 0.449 bits per heavy atom. The Kier molecular flexibility index (Phi) is 9.94. The van der Waals surface area contributed by atoms with Gasteiger partial charge in [-0.2, -0.15) is 18.2 Å². The van der Waals surface area contributed by atoms with E-state index in [0.29, 0.717) is 39.3 Å². The molecule has 4 aromatic heterocycles. The van der Waals surface area contributed by atoms with Gasteiger partial charge in [-0.05, 0) is 149 Å². The molecule has 6 nitrogen and oxygen atoms in total. The molecule has 0 N–H and O–H groups in total. The van der Waals surface area contributed by atoms with Gasteiger partial charge in [0, 0.05) is 55.1 Å². The van der Waals surface area contributed by atoms with E-state index < -0.39 is 101 Å². The van der Waals surface area contributed by atoms with Crippen LogP contribution in [0.1, 0.15) is 44.2 Å². The van der Waals surface area contributed by atoms with Crippen molar-refractivity contribution in [3.63, 3.8) is 0 Å². The Morgan fingerprint density at radius 2 is 0.978 bits per heavy atom. The van der Waals surface area contributed by atoms with E-state index in [-0.39, 0.29) is 37.6 Å². The van der Waals surface area contributed by atoms with Crippen molar-refractivity contribution < 1.29 is 48.2 Å². The number of imidazole rings is 1. The fourth-order valence-electron chi connectivity index (χ4n) is 12.7. The number of benzene rings is 12. The van der Waals surface area contributed by atoms with Gasteiger partial charge in [-0.1, -0.05) is 208 Å². The largest absolute Gasteiger partial charge is 0.510 e. The van der Waals surface area contributed by atoms with E-state index in [0.717, 1.165) is 88.6 Å². The number of hydrogen-bond acceptors (Lipinski definition) is 2. The third-order valence-electron chi connectivity index (χ3n) is 16.7. The van der Waals surface area contributed by atoms with Crippen LogP contribution in [0.2, 0.25) is 0 Å². The molecule has 1 aliphatic heterocycles. The van der Waals surface area contributed by atoms with E-state index in [2.05, 4.69) is 121 Å². The number of hydrogen-bond donors (Lipinski definition) is 0. The molecule has 12 aromatic carbocycles. The maximum Gasteiger partial charge on any atom is 0.268 e. The fraction of sp³-hybridized carbons (Fsp3) is 0.0488. The summed E-state index contributed by atoms with van der Waals surface area (Å²) in [4.78, 5) is 4.89. The maximum atomic E-state index is 10.4. The summed E-state index contributed by atoms with van der Waals surface area (Å²) >= 11 is 0. The first-order chi connectivity index (χ1) is 48.7. The monoisotopic (exact) mass is 1330 g/mol. The molecule has 0 unspecified atom stereocenters. The van der Waals surface area contributed by atoms with Gasteiger partial charge in [0.15, 0.2) is 0 Å². The van der Waals surface area contributed by atoms with Crippen molar-refractivity contribution in [3.05, 3.63) is 303 Å². The van der Waals surface area contributed by atoms with Crippen molar-refractivity contribution >= 4 is 54.6 Å². The smallest absolute Gasteiger partial charge is 0.268 e. The molecule has 89 heavy (non-hydrogen) atoms. The van der Waals surface area contributed by atoms with Crippen LogP contribution in [0, 0.1) is 18.5 Å². The molecule has 0 fully saturated rings. The van der Waals surface area contributed by atoms with Crippen molar-refractivity contribution in [2.75, 3.05) is 0 Å². The molecule has 426 valence electrons. The van der Waals surface area contributed by atoms with Crippen molar-refractivity contribution in [1.29, 1.82) is 0 Å². The van der Waals surface area contributed by atoms with E-state index >= 15 is 0 Å². The van der Waals surface area contributed by atoms with Gasteiger partial charge in [0.1, 0.15) is 5.82 Å². The zero-order chi connectivity index (χ0) is 69.9. The SMILES string of the molecule is [2H]c1c([2H])c([2H])c(-c2c([2H])c(-c3cc4c5c(c3)n(-c3[c-]c(Oc6[c-]c7c(cc6)c6ccccc6n7-c6cc(C(C)(C)C)ccn6)ccc3)[c-][n+]5-c3c(cccc3-n3c5ccccc5c5ccccc53)-c3ccccc3-c3ccccc3-4)c([2H])c(-c3c([2H])c([2H])c([2H])c([2H])c3[2H])c2[2H])c([2H])c1[2H].[Pt]. The van der Waals surface area contributed by atoms with Crippen LogP contribution in [0.3, 0.4) is 0 Å². The number of pyridine rings is 1. The zero-order valence-corrected chi connectivity index (χ0v) is 50.3. The first-order valence-corrected chi connectivity index (χ1v) is 29.0. The molecule has 0 aliphatic carbocycles. The summed E-state index contributed by atoms with van der Waals surface area (Å²) in [5.74, 6) is 1.42. The molecular weight excluding hydrogens is 1270 g/mol. The predicted octanol–water partition coefficient (Wildman–Crippen LogP) is 20.3. The quantitative estimate of drug-likeness (QED) is 0.112. The molecule has 0 amide bonds. The number of fused-ring (bicyclic) bond motifs is 13. The van der Waals surface area contributed by atoms with Crippen LogP contribution in [-0.4, -0.2) is 18.7 Å². The summed E-state index contributed by atoms with van der Waals surface area (Å²) in [5.41, 5.74) is 9.94. The molecular formula is C82H55N5OPt-2. The van der Waals surface area contributed by atoms with Crippen LogP contribution in [0.5, 0.6) is 11.5 Å². The summed E-state index contributed by atoms with van der Waals surface area (Å²) in [6, 6.07) is 61.9. The standard InChI is InChI=1S/C82H55N5O.Pt/c1-82(2,3)59-42-43-83-79(49-59)87-75-38-19-16-34-69(75)70-41-40-62(51-77(70)87)88-61-27-20-26-60(50-61)84-52-85-80-71(35-21-39-76(80)86-73-36-17-14-32-67(73)68-33-15-18-37-74(68)86)65-30-12-10-28-63(65)64-29-11-13-31-66(64)72-47-58(48-78(84)81(72)85)57-45-55(53-22-6-4-7-23-53)44-56(46-57)54-24-8-5-9-25-54;/h4-49H,1-3H3;/q-2;/i4D,5D,6D,7D,8D,9D,22D,23D,24D,25D,44D,45D,46D;. The third kappa shape index (κ3) is 8.96. The molecule has 1 aliphatic rings. The summed E-state index contributed by atoms with van der Waals surface area (Å²) in [7, 11) is 0.